The van der Waals surface area contributed by atoms with E-state index in [9.17, 15) is 4.79 Å². The van der Waals surface area contributed by atoms with Gasteiger partial charge in [-0.05, 0) is 24.5 Å². The van der Waals surface area contributed by atoms with Crippen molar-refractivity contribution < 1.29 is 4.79 Å². The molecule has 29 heavy (non-hydrogen) atoms. The van der Waals surface area contributed by atoms with E-state index < -0.39 is 0 Å². The van der Waals surface area contributed by atoms with Crippen LogP contribution in [0.5, 0.6) is 0 Å². The molecule has 0 radical (unpaired) electrons. The summed E-state index contributed by atoms with van der Waals surface area (Å²) in [4.78, 5) is 28.1. The molecule has 0 aliphatic carbocycles. The molecule has 0 unspecified atom stereocenters. The lowest BCUT2D eigenvalue weighted by molar-refractivity contribution is 0.0711. The Kier molecular flexibility index (Phi) is 4.51. The van der Waals surface area contributed by atoms with Crippen LogP contribution in [0, 0.1) is 0 Å². The van der Waals surface area contributed by atoms with Crippen molar-refractivity contribution in [3.05, 3.63) is 72.2 Å². The van der Waals surface area contributed by atoms with Crippen molar-refractivity contribution in [2.24, 2.45) is 0 Å². The van der Waals surface area contributed by atoms with Gasteiger partial charge in [-0.3, -0.25) is 9.89 Å². The summed E-state index contributed by atoms with van der Waals surface area (Å²) in [7, 11) is 0. The molecular formula is C21H21N7O. The molecule has 8 nitrogen and oxygen atoms in total. The summed E-state index contributed by atoms with van der Waals surface area (Å²) in [5, 5.41) is 6.86. The molecule has 1 aliphatic rings. The predicted octanol–water partition coefficient (Wildman–Crippen LogP) is 2.62. The molecule has 8 heteroatoms. The molecule has 4 aromatic rings. The van der Waals surface area contributed by atoms with Gasteiger partial charge in [-0.2, -0.15) is 5.10 Å². The third kappa shape index (κ3) is 3.49. The molecule has 5 rings (SSSR count). The molecule has 1 N–H and O–H groups in total. The zero-order valence-electron chi connectivity index (χ0n) is 15.9. The third-order valence-electron chi connectivity index (χ3n) is 5.50. The first-order chi connectivity index (χ1) is 14.3. The number of hydrogen-bond acceptors (Lipinski definition) is 5. The van der Waals surface area contributed by atoms with Gasteiger partial charge in [0.2, 0.25) is 0 Å². The zero-order chi connectivity index (χ0) is 19.6. The Morgan fingerprint density at radius 3 is 2.69 bits per heavy atom. The van der Waals surface area contributed by atoms with Gasteiger partial charge in [0.05, 0.1) is 18.4 Å². The molecule has 1 amide bonds. The van der Waals surface area contributed by atoms with Crippen molar-refractivity contribution in [2.75, 3.05) is 13.1 Å². The number of aromatic amines is 1. The van der Waals surface area contributed by atoms with Gasteiger partial charge in [0.1, 0.15) is 17.7 Å². The minimum atomic E-state index is 0.00743. The van der Waals surface area contributed by atoms with Crippen LogP contribution in [0.1, 0.15) is 40.5 Å². The highest BCUT2D eigenvalue weighted by molar-refractivity contribution is 5.96. The standard InChI is InChI=1S/C21H21N7O/c29-21(27-8-6-16(7-9-27)19-23-13-25-26-19)17-10-18-20(22-11-17)28(14-24-18)12-15-4-2-1-3-5-15/h1-5,10-11,13-14,16H,6-9,12H2,(H,23,25,26). The van der Waals surface area contributed by atoms with Gasteiger partial charge in [0.25, 0.3) is 5.91 Å². The number of rotatable bonds is 4. The number of nitrogens with one attached hydrogen (secondary N) is 1. The minimum absolute atomic E-state index is 0.00743. The number of carbonyl (C=O) groups excluding carboxylic acids is 1. The molecule has 0 atom stereocenters. The molecule has 1 aliphatic heterocycles. The van der Waals surface area contributed by atoms with Crippen molar-refractivity contribution in [3.63, 3.8) is 0 Å². The number of amides is 1. The number of carbonyl (C=O) groups is 1. The van der Waals surface area contributed by atoms with E-state index in [0.717, 1.165) is 29.8 Å². The van der Waals surface area contributed by atoms with Crippen molar-refractivity contribution in [3.8, 4) is 0 Å². The molecule has 0 saturated carbocycles. The monoisotopic (exact) mass is 387 g/mol. The second-order valence-corrected chi connectivity index (χ2v) is 7.36. The van der Waals surface area contributed by atoms with Crippen LogP contribution in [0.3, 0.4) is 0 Å². The highest BCUT2D eigenvalue weighted by atomic mass is 16.2. The van der Waals surface area contributed by atoms with E-state index >= 15 is 0 Å². The number of hydrogen-bond donors (Lipinski definition) is 1. The summed E-state index contributed by atoms with van der Waals surface area (Å²) in [5.41, 5.74) is 3.29. The lowest BCUT2D eigenvalue weighted by Gasteiger charge is -2.31. The summed E-state index contributed by atoms with van der Waals surface area (Å²) in [6.45, 7) is 2.10. The minimum Gasteiger partial charge on any atom is -0.339 e. The van der Waals surface area contributed by atoms with Gasteiger partial charge in [0.15, 0.2) is 5.65 Å². The SMILES string of the molecule is O=C(c1cnc2c(c1)ncn2Cc1ccccc1)N1CCC(c2ncn[nH]2)CC1. The number of piperidine rings is 1. The van der Waals surface area contributed by atoms with E-state index in [2.05, 4.69) is 37.3 Å². The first kappa shape index (κ1) is 17.5. The topological polar surface area (TPSA) is 92.6 Å². The maximum Gasteiger partial charge on any atom is 0.255 e. The van der Waals surface area contributed by atoms with Gasteiger partial charge in [0, 0.05) is 25.2 Å². The maximum absolute atomic E-state index is 12.9. The summed E-state index contributed by atoms with van der Waals surface area (Å²) < 4.78 is 2.00. The van der Waals surface area contributed by atoms with Crippen LogP contribution in [-0.2, 0) is 6.54 Å². The maximum atomic E-state index is 12.9. The number of benzene rings is 1. The van der Waals surface area contributed by atoms with Crippen LogP contribution in [0.4, 0.5) is 0 Å². The summed E-state index contributed by atoms with van der Waals surface area (Å²) in [6, 6.07) is 12.0. The van der Waals surface area contributed by atoms with Crippen LogP contribution in [-0.4, -0.2) is 53.6 Å². The average Bonchev–Trinajstić information content (AvgIpc) is 3.44. The largest absolute Gasteiger partial charge is 0.339 e. The molecule has 0 bridgehead atoms. The second-order valence-electron chi connectivity index (χ2n) is 7.36. The van der Waals surface area contributed by atoms with Crippen LogP contribution in [0.25, 0.3) is 11.2 Å². The van der Waals surface area contributed by atoms with Crippen LogP contribution < -0.4 is 0 Å². The van der Waals surface area contributed by atoms with E-state index in [1.807, 2.05) is 33.7 Å². The van der Waals surface area contributed by atoms with Gasteiger partial charge in [-0.15, -0.1) is 0 Å². The van der Waals surface area contributed by atoms with Crippen LogP contribution in [0.15, 0.2) is 55.2 Å². The predicted molar refractivity (Wildman–Crippen MR) is 107 cm³/mol. The second kappa shape index (κ2) is 7.46. The van der Waals surface area contributed by atoms with Crippen molar-refractivity contribution >= 4 is 17.1 Å². The van der Waals surface area contributed by atoms with Crippen molar-refractivity contribution in [1.29, 1.82) is 0 Å². The van der Waals surface area contributed by atoms with E-state index in [0.29, 0.717) is 31.1 Å². The zero-order valence-corrected chi connectivity index (χ0v) is 15.9. The third-order valence-corrected chi connectivity index (χ3v) is 5.50. The molecule has 1 saturated heterocycles. The fourth-order valence-electron chi connectivity index (χ4n) is 3.91. The quantitative estimate of drug-likeness (QED) is 0.581. The van der Waals surface area contributed by atoms with E-state index in [1.165, 1.54) is 11.9 Å². The molecule has 1 aromatic carbocycles. The Morgan fingerprint density at radius 2 is 1.93 bits per heavy atom. The fraction of sp³-hybridized carbons (Fsp3) is 0.286. The van der Waals surface area contributed by atoms with Gasteiger partial charge in [-0.25, -0.2) is 15.0 Å². The Morgan fingerprint density at radius 1 is 1.10 bits per heavy atom. The highest BCUT2D eigenvalue weighted by Crippen LogP contribution is 2.26. The van der Waals surface area contributed by atoms with Gasteiger partial charge in [-0.1, -0.05) is 30.3 Å². The number of H-pyrrole nitrogens is 1. The number of nitrogens with zero attached hydrogens (tertiary/aromatic N) is 6. The smallest absolute Gasteiger partial charge is 0.255 e. The average molecular weight is 387 g/mol. The Labute approximate surface area is 167 Å². The number of aromatic nitrogens is 6. The number of pyridine rings is 1. The van der Waals surface area contributed by atoms with Crippen LogP contribution in [0.2, 0.25) is 0 Å². The van der Waals surface area contributed by atoms with Gasteiger partial charge >= 0.3 is 0 Å². The molecule has 4 heterocycles. The Bertz CT molecular complexity index is 1110. The summed E-state index contributed by atoms with van der Waals surface area (Å²) in [6.07, 6.45) is 6.73. The van der Waals surface area contributed by atoms with Gasteiger partial charge < -0.3 is 9.47 Å². The van der Waals surface area contributed by atoms with Crippen molar-refractivity contribution in [1.82, 2.24) is 34.6 Å². The highest BCUT2D eigenvalue weighted by Gasteiger charge is 2.26. The summed E-state index contributed by atoms with van der Waals surface area (Å²) in [5.74, 6) is 1.24. The molecular weight excluding hydrogens is 366 g/mol. The molecule has 1 fully saturated rings. The number of imidazole rings is 1. The van der Waals surface area contributed by atoms with Crippen molar-refractivity contribution in [2.45, 2.75) is 25.3 Å². The van der Waals surface area contributed by atoms with Crippen LogP contribution >= 0.6 is 0 Å². The molecule has 0 spiro atoms. The van der Waals surface area contributed by atoms with E-state index in [1.54, 1.807) is 12.5 Å². The lowest BCUT2D eigenvalue weighted by Crippen LogP contribution is -2.38. The van der Waals surface area contributed by atoms with E-state index in [-0.39, 0.29) is 5.91 Å². The Balaban J connectivity index is 1.30. The number of likely N-dealkylation sites (tertiary alicyclic amines) is 1. The first-order valence-corrected chi connectivity index (χ1v) is 9.77. The summed E-state index contributed by atoms with van der Waals surface area (Å²) >= 11 is 0. The fourth-order valence-corrected chi connectivity index (χ4v) is 3.91. The normalized spacial score (nSPS) is 15.1. The molecule has 3 aromatic heterocycles. The molecule has 146 valence electrons. The first-order valence-electron chi connectivity index (χ1n) is 9.77. The number of fused-ring (bicyclic) bond motifs is 1. The van der Waals surface area contributed by atoms with E-state index in [4.69, 9.17) is 0 Å². The Hall–Kier alpha value is -3.55. The lowest BCUT2D eigenvalue weighted by atomic mass is 9.96.